The molecule has 0 unspecified atom stereocenters. The van der Waals surface area contributed by atoms with Crippen LogP contribution >= 0.6 is 0 Å². The monoisotopic (exact) mass is 326 g/mol. The van der Waals surface area contributed by atoms with Gasteiger partial charge in [-0.15, -0.1) is 0 Å². The van der Waals surface area contributed by atoms with E-state index in [1.807, 2.05) is 72.8 Å². The first-order valence-electron chi connectivity index (χ1n) is 8.31. The molecule has 0 saturated carbocycles. The summed E-state index contributed by atoms with van der Waals surface area (Å²) < 4.78 is 0. The van der Waals surface area contributed by atoms with E-state index in [-0.39, 0.29) is 5.56 Å². The van der Waals surface area contributed by atoms with Gasteiger partial charge in [-0.1, -0.05) is 78.9 Å². The molecule has 0 aliphatic carbocycles. The van der Waals surface area contributed by atoms with Crippen molar-refractivity contribution in [2.24, 2.45) is 0 Å². The molecule has 4 aromatic rings. The fourth-order valence-corrected chi connectivity index (χ4v) is 3.09. The van der Waals surface area contributed by atoms with Crippen LogP contribution in [-0.4, -0.2) is 4.98 Å². The lowest BCUT2D eigenvalue weighted by molar-refractivity contribution is 1.15. The maximum Gasteiger partial charge on any atom is 0.258 e. The van der Waals surface area contributed by atoms with E-state index in [2.05, 4.69) is 22.4 Å². The first-order chi connectivity index (χ1) is 12.3. The van der Waals surface area contributed by atoms with E-state index in [0.29, 0.717) is 12.1 Å². The van der Waals surface area contributed by atoms with Crippen LogP contribution in [0.25, 0.3) is 22.0 Å². The van der Waals surface area contributed by atoms with Crippen LogP contribution in [0, 0.1) is 0 Å². The standard InChI is InChI=1S/C22H18N2O/c25-22-20(17-11-5-2-6-12-17)21(18-13-7-8-14-19(18)24-22)23-15-16-9-3-1-4-10-16/h1-14H,15H2,(H2,23,24,25). The van der Waals surface area contributed by atoms with Gasteiger partial charge in [-0.3, -0.25) is 4.79 Å². The molecule has 0 radical (unpaired) electrons. The molecule has 0 aliphatic rings. The molecule has 25 heavy (non-hydrogen) atoms. The average molecular weight is 326 g/mol. The summed E-state index contributed by atoms with van der Waals surface area (Å²) in [6.07, 6.45) is 0. The molecular formula is C22H18N2O. The molecule has 0 atom stereocenters. The predicted octanol–water partition coefficient (Wildman–Crippen LogP) is 4.81. The SMILES string of the molecule is O=c1[nH]c2ccccc2c(NCc2ccccc2)c1-c1ccccc1. The molecule has 0 amide bonds. The summed E-state index contributed by atoms with van der Waals surface area (Å²) in [5.41, 5.74) is 4.38. The fourth-order valence-electron chi connectivity index (χ4n) is 3.09. The summed E-state index contributed by atoms with van der Waals surface area (Å²) in [5.74, 6) is 0. The highest BCUT2D eigenvalue weighted by Crippen LogP contribution is 2.31. The molecule has 0 fully saturated rings. The smallest absolute Gasteiger partial charge is 0.258 e. The molecule has 0 spiro atoms. The maximum atomic E-state index is 12.8. The topological polar surface area (TPSA) is 44.9 Å². The number of H-pyrrole nitrogens is 1. The van der Waals surface area contributed by atoms with Crippen molar-refractivity contribution < 1.29 is 0 Å². The second-order valence-electron chi connectivity index (χ2n) is 5.95. The summed E-state index contributed by atoms with van der Waals surface area (Å²) in [4.78, 5) is 15.8. The maximum absolute atomic E-state index is 12.8. The zero-order valence-corrected chi connectivity index (χ0v) is 13.7. The Labute approximate surface area is 146 Å². The van der Waals surface area contributed by atoms with Gasteiger partial charge in [-0.2, -0.15) is 0 Å². The Morgan fingerprint density at radius 2 is 1.40 bits per heavy atom. The third-order valence-electron chi connectivity index (χ3n) is 4.30. The minimum atomic E-state index is -0.0829. The van der Waals surface area contributed by atoms with Gasteiger partial charge in [0.1, 0.15) is 0 Å². The van der Waals surface area contributed by atoms with Crippen molar-refractivity contribution in [3.8, 4) is 11.1 Å². The van der Waals surface area contributed by atoms with Crippen LogP contribution in [0.4, 0.5) is 5.69 Å². The van der Waals surface area contributed by atoms with Gasteiger partial charge in [0.15, 0.2) is 0 Å². The number of hydrogen-bond acceptors (Lipinski definition) is 2. The number of benzene rings is 3. The molecule has 3 heteroatoms. The van der Waals surface area contributed by atoms with Gasteiger partial charge in [0, 0.05) is 11.9 Å². The van der Waals surface area contributed by atoms with Crippen LogP contribution in [0.1, 0.15) is 5.56 Å². The molecule has 1 aromatic heterocycles. The van der Waals surface area contributed by atoms with E-state index in [1.54, 1.807) is 0 Å². The number of fused-ring (bicyclic) bond motifs is 1. The number of aromatic nitrogens is 1. The third-order valence-corrected chi connectivity index (χ3v) is 4.30. The minimum Gasteiger partial charge on any atom is -0.380 e. The van der Waals surface area contributed by atoms with Crippen LogP contribution in [0.15, 0.2) is 89.7 Å². The van der Waals surface area contributed by atoms with E-state index in [9.17, 15) is 4.79 Å². The highest BCUT2D eigenvalue weighted by molar-refractivity contribution is 5.99. The van der Waals surface area contributed by atoms with Crippen LogP contribution in [0.2, 0.25) is 0 Å². The van der Waals surface area contributed by atoms with Gasteiger partial charge < -0.3 is 10.3 Å². The van der Waals surface area contributed by atoms with Crippen LogP contribution in [0.3, 0.4) is 0 Å². The Bertz CT molecular complexity index is 1050. The van der Waals surface area contributed by atoms with Gasteiger partial charge in [-0.25, -0.2) is 0 Å². The van der Waals surface area contributed by atoms with E-state index in [4.69, 9.17) is 0 Å². The summed E-state index contributed by atoms with van der Waals surface area (Å²) >= 11 is 0. The highest BCUT2D eigenvalue weighted by Gasteiger charge is 2.14. The summed E-state index contributed by atoms with van der Waals surface area (Å²) in [5, 5.41) is 4.50. The first kappa shape index (κ1) is 15.2. The molecule has 0 aliphatic heterocycles. The average Bonchev–Trinajstić information content (AvgIpc) is 2.67. The minimum absolute atomic E-state index is 0.0829. The number of pyridine rings is 1. The Kier molecular flexibility index (Phi) is 4.05. The van der Waals surface area contributed by atoms with Gasteiger partial charge in [0.25, 0.3) is 5.56 Å². The Balaban J connectivity index is 1.88. The molecule has 0 saturated heterocycles. The van der Waals surface area contributed by atoms with E-state index in [1.165, 1.54) is 5.56 Å². The summed E-state index contributed by atoms with van der Waals surface area (Å²) in [7, 11) is 0. The van der Waals surface area contributed by atoms with E-state index >= 15 is 0 Å². The lowest BCUT2D eigenvalue weighted by Gasteiger charge is -2.15. The largest absolute Gasteiger partial charge is 0.380 e. The Morgan fingerprint density at radius 3 is 2.16 bits per heavy atom. The van der Waals surface area contributed by atoms with E-state index in [0.717, 1.165) is 22.2 Å². The zero-order chi connectivity index (χ0) is 17.1. The molecular weight excluding hydrogens is 308 g/mol. The van der Waals surface area contributed by atoms with Crippen molar-refractivity contribution in [3.63, 3.8) is 0 Å². The second-order valence-corrected chi connectivity index (χ2v) is 5.95. The van der Waals surface area contributed by atoms with Crippen LogP contribution in [-0.2, 0) is 6.54 Å². The van der Waals surface area contributed by atoms with Crippen molar-refractivity contribution in [1.82, 2.24) is 4.98 Å². The fraction of sp³-hybridized carbons (Fsp3) is 0.0455. The number of nitrogens with one attached hydrogen (secondary N) is 2. The zero-order valence-electron chi connectivity index (χ0n) is 13.7. The summed E-state index contributed by atoms with van der Waals surface area (Å²) in [6, 6.07) is 27.9. The van der Waals surface area contributed by atoms with Crippen molar-refractivity contribution in [2.45, 2.75) is 6.54 Å². The highest BCUT2D eigenvalue weighted by atomic mass is 16.1. The number of aromatic amines is 1. The molecule has 122 valence electrons. The number of anilines is 1. The van der Waals surface area contributed by atoms with Crippen LogP contribution in [0.5, 0.6) is 0 Å². The van der Waals surface area contributed by atoms with E-state index < -0.39 is 0 Å². The van der Waals surface area contributed by atoms with Gasteiger partial charge >= 0.3 is 0 Å². The molecule has 2 N–H and O–H groups in total. The summed E-state index contributed by atoms with van der Waals surface area (Å²) in [6.45, 7) is 0.661. The van der Waals surface area contributed by atoms with Gasteiger partial charge in [0.2, 0.25) is 0 Å². The lowest BCUT2D eigenvalue weighted by Crippen LogP contribution is -2.13. The van der Waals surface area contributed by atoms with Crippen molar-refractivity contribution in [3.05, 3.63) is 101 Å². The van der Waals surface area contributed by atoms with Gasteiger partial charge in [0.05, 0.1) is 16.8 Å². The molecule has 3 aromatic carbocycles. The van der Waals surface area contributed by atoms with Gasteiger partial charge in [-0.05, 0) is 17.2 Å². The number of para-hydroxylation sites is 1. The molecule has 3 nitrogen and oxygen atoms in total. The second kappa shape index (κ2) is 6.65. The van der Waals surface area contributed by atoms with Crippen molar-refractivity contribution >= 4 is 16.6 Å². The predicted molar refractivity (Wildman–Crippen MR) is 104 cm³/mol. The quantitative estimate of drug-likeness (QED) is 0.565. The number of hydrogen-bond donors (Lipinski definition) is 2. The lowest BCUT2D eigenvalue weighted by atomic mass is 10.0. The number of rotatable bonds is 4. The molecule has 0 bridgehead atoms. The third kappa shape index (κ3) is 3.04. The Hall–Kier alpha value is -3.33. The normalized spacial score (nSPS) is 10.7. The Morgan fingerprint density at radius 1 is 0.760 bits per heavy atom. The molecule has 1 heterocycles. The molecule has 4 rings (SSSR count). The van der Waals surface area contributed by atoms with Crippen molar-refractivity contribution in [2.75, 3.05) is 5.32 Å². The van der Waals surface area contributed by atoms with Crippen molar-refractivity contribution in [1.29, 1.82) is 0 Å². The van der Waals surface area contributed by atoms with Crippen LogP contribution < -0.4 is 10.9 Å². The first-order valence-corrected chi connectivity index (χ1v) is 8.31.